The Morgan fingerprint density at radius 2 is 1.65 bits per heavy atom. The predicted octanol–water partition coefficient (Wildman–Crippen LogP) is 3.54. The number of phenols is 1. The van der Waals surface area contributed by atoms with Crippen molar-refractivity contribution in [1.29, 1.82) is 0 Å². The van der Waals surface area contributed by atoms with Crippen molar-refractivity contribution in [3.8, 4) is 16.9 Å². The van der Waals surface area contributed by atoms with E-state index in [1.165, 1.54) is 6.07 Å². The third-order valence-electron chi connectivity index (χ3n) is 8.01. The van der Waals surface area contributed by atoms with E-state index in [-0.39, 0.29) is 41.6 Å². The molecule has 3 atom stereocenters. The molecular weight excluding hydrogens is 474 g/mol. The average Bonchev–Trinajstić information content (AvgIpc) is 2.81. The molecule has 3 aliphatic carbocycles. The summed E-state index contributed by atoms with van der Waals surface area (Å²) in [4.78, 5) is 38.5. The average molecular weight is 504 g/mol. The van der Waals surface area contributed by atoms with Crippen LogP contribution < -0.4 is 5.73 Å². The van der Waals surface area contributed by atoms with Crippen molar-refractivity contribution in [2.45, 2.75) is 51.0 Å². The van der Waals surface area contributed by atoms with Crippen LogP contribution in [-0.2, 0) is 21.4 Å². The van der Waals surface area contributed by atoms with Crippen LogP contribution in [0, 0.1) is 11.8 Å². The minimum Gasteiger partial charge on any atom is -0.511 e. The van der Waals surface area contributed by atoms with Gasteiger partial charge in [0.05, 0.1) is 5.56 Å². The lowest BCUT2D eigenvalue weighted by Gasteiger charge is -2.45. The van der Waals surface area contributed by atoms with Gasteiger partial charge in [-0.1, -0.05) is 51.1 Å². The van der Waals surface area contributed by atoms with Crippen LogP contribution in [-0.4, -0.2) is 43.5 Å². The number of benzene rings is 2. The largest absolute Gasteiger partial charge is 0.511 e. The van der Waals surface area contributed by atoms with Crippen molar-refractivity contribution in [1.82, 2.24) is 0 Å². The molecule has 0 fully saturated rings. The molecule has 3 aliphatic rings. The topological polar surface area (TPSA) is 158 Å². The Morgan fingerprint density at radius 1 is 1.00 bits per heavy atom. The van der Waals surface area contributed by atoms with E-state index in [0.29, 0.717) is 5.56 Å². The number of nitrogens with two attached hydrogens (primary N) is 1. The van der Waals surface area contributed by atoms with Crippen molar-refractivity contribution in [2.24, 2.45) is 17.6 Å². The number of carbonyl (C=O) groups excluding carboxylic acids is 3. The highest BCUT2D eigenvalue weighted by Gasteiger charge is 2.59. The number of ketones is 2. The second-order valence-corrected chi connectivity index (χ2v) is 11.2. The van der Waals surface area contributed by atoms with Gasteiger partial charge in [-0.15, -0.1) is 0 Å². The molecule has 0 bridgehead atoms. The number of aliphatic hydroxyl groups excluding tert-OH is 2. The third-order valence-corrected chi connectivity index (χ3v) is 8.01. The number of phenolic OH excluding ortho intramolecular Hbond substituents is 1. The minimum absolute atomic E-state index is 0.00835. The number of carbonyl (C=O) groups is 3. The summed E-state index contributed by atoms with van der Waals surface area (Å²) < 4.78 is 0. The van der Waals surface area contributed by atoms with Crippen LogP contribution in [0.5, 0.6) is 5.75 Å². The number of hydrogen-bond donors (Lipinski definition) is 5. The van der Waals surface area contributed by atoms with Crippen molar-refractivity contribution in [2.75, 3.05) is 0 Å². The Labute approximate surface area is 213 Å². The summed E-state index contributed by atoms with van der Waals surface area (Å²) in [6.07, 6.45) is 0.108. The second-order valence-electron chi connectivity index (χ2n) is 11.2. The van der Waals surface area contributed by atoms with Gasteiger partial charge in [-0.3, -0.25) is 14.4 Å². The molecule has 8 nitrogen and oxygen atoms in total. The van der Waals surface area contributed by atoms with E-state index < -0.39 is 52.0 Å². The van der Waals surface area contributed by atoms with Crippen molar-refractivity contribution < 1.29 is 34.8 Å². The Morgan fingerprint density at radius 3 is 2.24 bits per heavy atom. The lowest BCUT2D eigenvalue weighted by molar-refractivity contribution is -0.144. The summed E-state index contributed by atoms with van der Waals surface area (Å²) >= 11 is 0. The number of aromatic hydroxyl groups is 1. The van der Waals surface area contributed by atoms with Gasteiger partial charge in [0.1, 0.15) is 22.8 Å². The first-order chi connectivity index (χ1) is 17.3. The summed E-state index contributed by atoms with van der Waals surface area (Å²) in [7, 11) is 0. The fourth-order valence-electron chi connectivity index (χ4n) is 6.04. The normalized spacial score (nSPS) is 25.5. The Hall–Kier alpha value is -3.91. The molecule has 1 amide bonds. The summed E-state index contributed by atoms with van der Waals surface area (Å²) in [5.74, 6) is -6.33. The number of Topliss-reactive ketones (excluding diaryl/α,β-unsaturated/α-hetero) is 2. The van der Waals surface area contributed by atoms with Crippen LogP contribution in [0.3, 0.4) is 0 Å². The van der Waals surface area contributed by atoms with E-state index in [4.69, 9.17) is 5.73 Å². The van der Waals surface area contributed by atoms with E-state index in [1.54, 1.807) is 6.07 Å². The summed E-state index contributed by atoms with van der Waals surface area (Å²) in [5, 5.41) is 43.5. The van der Waals surface area contributed by atoms with Crippen LogP contribution in [0.25, 0.3) is 11.1 Å². The summed E-state index contributed by atoms with van der Waals surface area (Å²) in [5.41, 5.74) is 5.08. The molecule has 0 saturated carbocycles. The first-order valence-electron chi connectivity index (χ1n) is 12.2. The lowest BCUT2D eigenvalue weighted by atomic mass is 9.60. The molecule has 8 heteroatoms. The summed E-state index contributed by atoms with van der Waals surface area (Å²) in [6, 6.07) is 11.1. The Kier molecular flexibility index (Phi) is 5.39. The number of fused-ring (bicyclic) bond motifs is 3. The zero-order chi connectivity index (χ0) is 27.0. The number of allylic oxidation sites excluding steroid dienone is 2. The molecule has 0 saturated heterocycles. The number of amides is 1. The molecule has 37 heavy (non-hydrogen) atoms. The highest BCUT2D eigenvalue weighted by atomic mass is 16.3. The van der Waals surface area contributed by atoms with Gasteiger partial charge in [-0.2, -0.15) is 0 Å². The molecule has 0 unspecified atom stereocenters. The van der Waals surface area contributed by atoms with E-state index in [1.807, 2.05) is 24.3 Å². The standard InChI is InChI=1S/C29H29NO7/c1-28(2,3)15-6-4-13(5-7-15)17-8-9-19(31)22-18(17)11-14-10-16-12-20(32)23(27(30)36)26(35)29(16,37)25(34)21(14)24(22)33/h4-9,14,16,31-32,34,37H,10-12H2,1-3H3,(H2,30,36)/t14-,16+,29+/m1/s1. The second kappa shape index (κ2) is 8.05. The molecule has 0 aliphatic heterocycles. The van der Waals surface area contributed by atoms with Gasteiger partial charge < -0.3 is 26.2 Å². The monoisotopic (exact) mass is 503 g/mol. The third kappa shape index (κ3) is 3.50. The molecule has 0 aromatic heterocycles. The van der Waals surface area contributed by atoms with Crippen LogP contribution in [0.15, 0.2) is 59.1 Å². The molecule has 5 rings (SSSR count). The quantitative estimate of drug-likeness (QED) is 0.392. The van der Waals surface area contributed by atoms with E-state index in [0.717, 1.165) is 16.7 Å². The Balaban J connectivity index is 1.64. The highest BCUT2D eigenvalue weighted by Crippen LogP contribution is 2.52. The number of primary amides is 1. The molecule has 2 aromatic rings. The van der Waals surface area contributed by atoms with E-state index in [2.05, 4.69) is 20.8 Å². The molecule has 0 spiro atoms. The molecule has 0 radical (unpaired) electrons. The van der Waals surface area contributed by atoms with Crippen molar-refractivity contribution >= 4 is 17.5 Å². The Bertz CT molecular complexity index is 1440. The van der Waals surface area contributed by atoms with Gasteiger partial charge >= 0.3 is 0 Å². The molecule has 0 heterocycles. The fourth-order valence-corrected chi connectivity index (χ4v) is 6.04. The van der Waals surface area contributed by atoms with Crippen LogP contribution in [0.4, 0.5) is 0 Å². The lowest BCUT2D eigenvalue weighted by Crippen LogP contribution is -2.57. The van der Waals surface area contributed by atoms with Gasteiger partial charge in [0, 0.05) is 17.9 Å². The molecule has 2 aromatic carbocycles. The van der Waals surface area contributed by atoms with Gasteiger partial charge in [0.25, 0.3) is 5.91 Å². The van der Waals surface area contributed by atoms with E-state index in [9.17, 15) is 34.8 Å². The predicted molar refractivity (Wildman–Crippen MR) is 135 cm³/mol. The minimum atomic E-state index is -2.56. The van der Waals surface area contributed by atoms with Gasteiger partial charge in [-0.25, -0.2) is 0 Å². The van der Waals surface area contributed by atoms with Crippen LogP contribution in [0.1, 0.15) is 55.1 Å². The first-order valence-corrected chi connectivity index (χ1v) is 12.2. The number of rotatable bonds is 2. The zero-order valence-electron chi connectivity index (χ0n) is 20.8. The maximum atomic E-state index is 13.7. The van der Waals surface area contributed by atoms with Crippen molar-refractivity contribution in [3.05, 3.63) is 75.8 Å². The van der Waals surface area contributed by atoms with Crippen molar-refractivity contribution in [3.63, 3.8) is 0 Å². The smallest absolute Gasteiger partial charge is 0.255 e. The first kappa shape index (κ1) is 24.8. The van der Waals surface area contributed by atoms with Gasteiger partial charge in [-0.05, 0) is 52.5 Å². The number of hydrogen-bond acceptors (Lipinski definition) is 7. The maximum Gasteiger partial charge on any atom is 0.255 e. The maximum absolute atomic E-state index is 13.7. The number of aliphatic hydroxyl groups is 3. The van der Waals surface area contributed by atoms with Crippen LogP contribution in [0.2, 0.25) is 0 Å². The van der Waals surface area contributed by atoms with Crippen LogP contribution >= 0.6 is 0 Å². The fraction of sp³-hybridized carbons (Fsp3) is 0.345. The van der Waals surface area contributed by atoms with Gasteiger partial charge in [0.2, 0.25) is 5.78 Å². The van der Waals surface area contributed by atoms with E-state index >= 15 is 0 Å². The molecule has 192 valence electrons. The summed E-state index contributed by atoms with van der Waals surface area (Å²) in [6.45, 7) is 6.34. The zero-order valence-corrected chi connectivity index (χ0v) is 20.8. The highest BCUT2D eigenvalue weighted by molar-refractivity contribution is 6.24. The van der Waals surface area contributed by atoms with Gasteiger partial charge in [0.15, 0.2) is 11.4 Å². The SMILES string of the molecule is CC(C)(C)c1ccc(-c2ccc(O)c3c2C[C@H]2C[C@H]4CC(O)=C(C(N)=O)C(=O)[C@@]4(O)C(O)=C2C3=O)cc1. The molecule has 6 N–H and O–H groups in total. The molecular formula is C29H29NO7.